The summed E-state index contributed by atoms with van der Waals surface area (Å²) in [6, 6.07) is 3.20. The maximum atomic E-state index is 11.1. The van der Waals surface area contributed by atoms with Gasteiger partial charge in [0.05, 0.1) is 24.9 Å². The van der Waals surface area contributed by atoms with Crippen LogP contribution in [-0.2, 0) is 9.45 Å². The van der Waals surface area contributed by atoms with Crippen molar-refractivity contribution in [1.29, 1.82) is 0 Å². The summed E-state index contributed by atoms with van der Waals surface area (Å²) in [5, 5.41) is 19.0. The van der Waals surface area contributed by atoms with Gasteiger partial charge in [-0.3, -0.25) is 14.6 Å². The molecule has 1 atom stereocenters. The Labute approximate surface area is 142 Å². The van der Waals surface area contributed by atoms with E-state index < -0.39 is 25.1 Å². The van der Waals surface area contributed by atoms with Crippen molar-refractivity contribution in [3.63, 3.8) is 0 Å². The fourth-order valence-electron chi connectivity index (χ4n) is 2.74. The Balaban J connectivity index is 1.92. The van der Waals surface area contributed by atoms with Crippen LogP contribution in [0.25, 0.3) is 0 Å². The summed E-state index contributed by atoms with van der Waals surface area (Å²) in [4.78, 5) is 29.8. The average Bonchev–Trinajstić information content (AvgIpc) is 2.83. The largest absolute Gasteiger partial charge is 0.492 e. The van der Waals surface area contributed by atoms with Gasteiger partial charge < -0.3 is 25.3 Å². The summed E-state index contributed by atoms with van der Waals surface area (Å²) in [7, 11) is -1.25. The topological polar surface area (TPSA) is 145 Å². The SMILES string of the molecule is Cc1cc(Oc2cncc(C(N)=O)n2)cc2c1C(CC(=O)O)OB2O. The quantitative estimate of drug-likeness (QED) is 0.639. The van der Waals surface area contributed by atoms with Crippen LogP contribution in [0.4, 0.5) is 0 Å². The molecule has 2 heterocycles. The maximum absolute atomic E-state index is 11.1. The minimum atomic E-state index is -1.25. The van der Waals surface area contributed by atoms with E-state index in [4.69, 9.17) is 20.2 Å². The van der Waals surface area contributed by atoms with Crippen LogP contribution in [0.2, 0.25) is 0 Å². The zero-order chi connectivity index (χ0) is 18.1. The lowest BCUT2D eigenvalue weighted by atomic mass is 9.77. The predicted octanol–water partition coefficient (Wildman–Crippen LogP) is -0.0903. The van der Waals surface area contributed by atoms with Crippen molar-refractivity contribution in [3.05, 3.63) is 41.3 Å². The van der Waals surface area contributed by atoms with Crippen LogP contribution in [0, 0.1) is 6.92 Å². The molecular formula is C15H14BN3O6. The second kappa shape index (κ2) is 6.50. The van der Waals surface area contributed by atoms with Gasteiger partial charge in [0, 0.05) is 0 Å². The minimum Gasteiger partial charge on any atom is -0.481 e. The molecule has 0 saturated carbocycles. The molecule has 1 aliphatic rings. The van der Waals surface area contributed by atoms with Gasteiger partial charge in [-0.15, -0.1) is 0 Å². The lowest BCUT2D eigenvalue weighted by Gasteiger charge is -2.13. The third-order valence-corrected chi connectivity index (χ3v) is 3.72. The van der Waals surface area contributed by atoms with E-state index in [-0.39, 0.29) is 18.0 Å². The molecule has 2 aromatic rings. The maximum Gasteiger partial charge on any atom is 0.492 e. The fourth-order valence-corrected chi connectivity index (χ4v) is 2.74. The molecule has 1 amide bonds. The summed E-state index contributed by atoms with van der Waals surface area (Å²) in [5.41, 5.74) is 6.87. The summed E-state index contributed by atoms with van der Waals surface area (Å²) >= 11 is 0. The van der Waals surface area contributed by atoms with Crippen LogP contribution in [0.15, 0.2) is 24.5 Å². The highest BCUT2D eigenvalue weighted by Crippen LogP contribution is 2.32. The average molecular weight is 343 g/mol. The lowest BCUT2D eigenvalue weighted by Crippen LogP contribution is -2.28. The number of carbonyl (C=O) groups excluding carboxylic acids is 1. The first-order valence-electron chi connectivity index (χ1n) is 7.34. The number of amides is 1. The number of nitrogens with zero attached hydrogens (tertiary/aromatic N) is 2. The normalized spacial score (nSPS) is 15.8. The van der Waals surface area contributed by atoms with Crippen molar-refractivity contribution in [2.75, 3.05) is 0 Å². The Morgan fingerprint density at radius 3 is 2.84 bits per heavy atom. The smallest absolute Gasteiger partial charge is 0.481 e. The summed E-state index contributed by atoms with van der Waals surface area (Å²) < 4.78 is 10.9. The van der Waals surface area contributed by atoms with Gasteiger partial charge in [-0.05, 0) is 35.6 Å². The Morgan fingerprint density at radius 1 is 1.40 bits per heavy atom. The highest BCUT2D eigenvalue weighted by molar-refractivity contribution is 6.62. The van der Waals surface area contributed by atoms with Gasteiger partial charge in [0.15, 0.2) is 0 Å². The standard InChI is InChI=1S/C15H14BN3O6/c1-7-2-8(24-12-6-18-5-10(19-12)15(17)22)3-9-14(7)11(4-13(20)21)25-16(9)23/h2-3,5-6,11,23H,4H2,1H3,(H2,17,22)(H,20,21). The number of primary amides is 1. The molecule has 0 spiro atoms. The molecule has 1 unspecified atom stereocenters. The van der Waals surface area contributed by atoms with E-state index in [0.717, 1.165) is 0 Å². The first kappa shape index (κ1) is 16.9. The number of carbonyl (C=O) groups is 2. The molecule has 0 radical (unpaired) electrons. The molecule has 1 aliphatic heterocycles. The van der Waals surface area contributed by atoms with E-state index in [2.05, 4.69) is 9.97 Å². The first-order chi connectivity index (χ1) is 11.8. The zero-order valence-electron chi connectivity index (χ0n) is 13.2. The molecular weight excluding hydrogens is 329 g/mol. The number of aryl methyl sites for hydroxylation is 1. The van der Waals surface area contributed by atoms with Crippen LogP contribution in [0.5, 0.6) is 11.6 Å². The molecule has 128 valence electrons. The fraction of sp³-hybridized carbons (Fsp3) is 0.200. The monoisotopic (exact) mass is 343 g/mol. The predicted molar refractivity (Wildman–Crippen MR) is 85.5 cm³/mol. The van der Waals surface area contributed by atoms with E-state index >= 15 is 0 Å². The van der Waals surface area contributed by atoms with E-state index in [9.17, 15) is 14.6 Å². The molecule has 0 aliphatic carbocycles. The first-order valence-corrected chi connectivity index (χ1v) is 7.34. The van der Waals surface area contributed by atoms with Gasteiger partial charge in [-0.2, -0.15) is 0 Å². The van der Waals surface area contributed by atoms with Crippen molar-refractivity contribution in [2.45, 2.75) is 19.4 Å². The van der Waals surface area contributed by atoms with Gasteiger partial charge in [0.1, 0.15) is 11.4 Å². The summed E-state index contributed by atoms with van der Waals surface area (Å²) in [6.07, 6.45) is 1.55. The van der Waals surface area contributed by atoms with Crippen molar-refractivity contribution < 1.29 is 29.1 Å². The van der Waals surface area contributed by atoms with Gasteiger partial charge >= 0.3 is 13.1 Å². The highest BCUT2D eigenvalue weighted by Gasteiger charge is 2.37. The van der Waals surface area contributed by atoms with Gasteiger partial charge in [0.25, 0.3) is 5.91 Å². The molecule has 25 heavy (non-hydrogen) atoms. The number of hydrogen-bond donors (Lipinski definition) is 3. The van der Waals surface area contributed by atoms with E-state index in [1.54, 1.807) is 13.0 Å². The molecule has 0 fully saturated rings. The molecule has 3 rings (SSSR count). The second-order valence-corrected chi connectivity index (χ2v) is 5.53. The Morgan fingerprint density at radius 2 is 2.16 bits per heavy atom. The zero-order valence-corrected chi connectivity index (χ0v) is 13.2. The van der Waals surface area contributed by atoms with Crippen LogP contribution in [0.3, 0.4) is 0 Å². The third kappa shape index (κ3) is 3.44. The highest BCUT2D eigenvalue weighted by atomic mass is 16.5. The molecule has 0 bridgehead atoms. The number of aliphatic carboxylic acids is 1. The molecule has 0 saturated heterocycles. The van der Waals surface area contributed by atoms with Crippen LogP contribution in [-0.4, -0.2) is 39.1 Å². The number of aromatic nitrogens is 2. The number of carboxylic acids is 1. The number of fused-ring (bicyclic) bond motifs is 1. The second-order valence-electron chi connectivity index (χ2n) is 5.53. The number of ether oxygens (including phenoxy) is 1. The third-order valence-electron chi connectivity index (χ3n) is 3.72. The molecule has 1 aromatic carbocycles. The van der Waals surface area contributed by atoms with Crippen molar-refractivity contribution in [2.24, 2.45) is 5.73 Å². The lowest BCUT2D eigenvalue weighted by molar-refractivity contribution is -0.138. The number of hydrogen-bond acceptors (Lipinski definition) is 7. The number of benzene rings is 1. The Hall–Kier alpha value is -2.98. The molecule has 10 heteroatoms. The van der Waals surface area contributed by atoms with Crippen LogP contribution >= 0.6 is 0 Å². The number of carboxylic acid groups (broad SMARTS) is 1. The van der Waals surface area contributed by atoms with Crippen LogP contribution < -0.4 is 15.9 Å². The summed E-state index contributed by atoms with van der Waals surface area (Å²) in [6.45, 7) is 1.76. The van der Waals surface area contributed by atoms with E-state index in [1.165, 1.54) is 18.5 Å². The van der Waals surface area contributed by atoms with Crippen molar-refractivity contribution >= 4 is 24.5 Å². The van der Waals surface area contributed by atoms with Gasteiger partial charge in [-0.1, -0.05) is 0 Å². The Kier molecular flexibility index (Phi) is 4.38. The van der Waals surface area contributed by atoms with Gasteiger partial charge in [-0.25, -0.2) is 4.98 Å². The Bertz CT molecular complexity index is 859. The summed E-state index contributed by atoms with van der Waals surface area (Å²) in [5.74, 6) is -1.36. The van der Waals surface area contributed by atoms with Crippen molar-refractivity contribution in [3.8, 4) is 11.6 Å². The van der Waals surface area contributed by atoms with E-state index in [0.29, 0.717) is 22.3 Å². The van der Waals surface area contributed by atoms with Crippen LogP contribution in [0.1, 0.15) is 34.1 Å². The minimum absolute atomic E-state index is 0.0414. The molecule has 9 nitrogen and oxygen atoms in total. The van der Waals surface area contributed by atoms with Gasteiger partial charge in [0.2, 0.25) is 5.88 Å². The molecule has 1 aromatic heterocycles. The molecule has 4 N–H and O–H groups in total. The number of nitrogens with two attached hydrogens (primary N) is 1. The van der Waals surface area contributed by atoms with Crippen molar-refractivity contribution in [1.82, 2.24) is 9.97 Å². The number of rotatable bonds is 5. The van der Waals surface area contributed by atoms with E-state index in [1.807, 2.05) is 0 Å².